The molecule has 104 valence electrons. The van der Waals surface area contributed by atoms with Gasteiger partial charge in [-0.25, -0.2) is 4.99 Å². The Morgan fingerprint density at radius 1 is 1.05 bits per heavy atom. The molecule has 0 unspecified atom stereocenters. The molecule has 0 saturated heterocycles. The molecular formula is C16H14N4O. The summed E-state index contributed by atoms with van der Waals surface area (Å²) in [6.07, 6.45) is 1.76. The summed E-state index contributed by atoms with van der Waals surface area (Å²) >= 11 is 0. The molecule has 0 fully saturated rings. The van der Waals surface area contributed by atoms with Crippen molar-refractivity contribution in [2.24, 2.45) is 10.7 Å². The van der Waals surface area contributed by atoms with E-state index in [0.717, 1.165) is 10.9 Å². The van der Waals surface area contributed by atoms with Crippen LogP contribution in [0.3, 0.4) is 0 Å². The van der Waals surface area contributed by atoms with Crippen molar-refractivity contribution < 1.29 is 4.79 Å². The third kappa shape index (κ3) is 2.76. The lowest BCUT2D eigenvalue weighted by Crippen LogP contribution is -2.36. The Labute approximate surface area is 121 Å². The lowest BCUT2D eigenvalue weighted by Gasteiger charge is -2.03. The van der Waals surface area contributed by atoms with Gasteiger partial charge in [0.05, 0.1) is 5.69 Å². The zero-order chi connectivity index (χ0) is 14.7. The first kappa shape index (κ1) is 12.9. The molecule has 21 heavy (non-hydrogen) atoms. The average molecular weight is 278 g/mol. The number of aliphatic imine (C=N–C) groups is 1. The quantitative estimate of drug-likeness (QED) is 0.497. The smallest absolute Gasteiger partial charge is 0.257 e. The highest BCUT2D eigenvalue weighted by molar-refractivity contribution is 6.06. The molecular weight excluding hydrogens is 264 g/mol. The Morgan fingerprint density at radius 3 is 2.57 bits per heavy atom. The second-order valence-electron chi connectivity index (χ2n) is 4.54. The lowest BCUT2D eigenvalue weighted by molar-refractivity contribution is 0.0976. The van der Waals surface area contributed by atoms with Crippen molar-refractivity contribution in [3.63, 3.8) is 0 Å². The molecule has 3 aromatic rings. The van der Waals surface area contributed by atoms with Gasteiger partial charge >= 0.3 is 0 Å². The first-order valence-corrected chi connectivity index (χ1v) is 6.51. The number of carbonyl (C=O) groups is 1. The van der Waals surface area contributed by atoms with Crippen LogP contribution in [0.2, 0.25) is 0 Å². The number of fused-ring (bicyclic) bond motifs is 1. The first-order valence-electron chi connectivity index (χ1n) is 6.51. The van der Waals surface area contributed by atoms with Crippen molar-refractivity contribution >= 4 is 28.5 Å². The Kier molecular flexibility index (Phi) is 3.39. The van der Waals surface area contributed by atoms with Gasteiger partial charge in [0, 0.05) is 22.7 Å². The molecule has 0 saturated carbocycles. The third-order valence-corrected chi connectivity index (χ3v) is 3.09. The maximum atomic E-state index is 12.0. The largest absolute Gasteiger partial charge is 0.369 e. The molecule has 5 nitrogen and oxygen atoms in total. The summed E-state index contributed by atoms with van der Waals surface area (Å²) in [5.74, 6) is -0.217. The molecule has 3 rings (SSSR count). The molecule has 0 bridgehead atoms. The fourth-order valence-corrected chi connectivity index (χ4v) is 2.08. The van der Waals surface area contributed by atoms with Crippen molar-refractivity contribution in [2.75, 3.05) is 0 Å². The van der Waals surface area contributed by atoms with Gasteiger partial charge in [-0.1, -0.05) is 36.4 Å². The average Bonchev–Trinajstić information content (AvgIpc) is 2.91. The molecule has 0 aliphatic carbocycles. The molecule has 0 aliphatic heterocycles. The van der Waals surface area contributed by atoms with Gasteiger partial charge in [-0.05, 0) is 18.2 Å². The maximum absolute atomic E-state index is 12.0. The van der Waals surface area contributed by atoms with Gasteiger partial charge in [0.2, 0.25) is 5.96 Å². The monoisotopic (exact) mass is 278 g/mol. The van der Waals surface area contributed by atoms with Crippen LogP contribution in [-0.2, 0) is 0 Å². The molecule has 0 radical (unpaired) electrons. The minimum absolute atomic E-state index is 0.0635. The number of nitrogens with zero attached hydrogens (tertiary/aromatic N) is 1. The number of nitrogens with one attached hydrogen (secondary N) is 2. The summed E-state index contributed by atoms with van der Waals surface area (Å²) in [6.45, 7) is 0. The fraction of sp³-hybridized carbons (Fsp3) is 0. The van der Waals surface area contributed by atoms with Gasteiger partial charge in [-0.3, -0.25) is 10.1 Å². The highest BCUT2D eigenvalue weighted by atomic mass is 16.1. The fourth-order valence-electron chi connectivity index (χ4n) is 2.08. The van der Waals surface area contributed by atoms with E-state index in [0.29, 0.717) is 11.3 Å². The molecule has 0 aliphatic rings. The van der Waals surface area contributed by atoms with Crippen LogP contribution >= 0.6 is 0 Å². The molecule has 4 N–H and O–H groups in total. The van der Waals surface area contributed by atoms with E-state index in [9.17, 15) is 4.79 Å². The van der Waals surface area contributed by atoms with Gasteiger partial charge in [-0.15, -0.1) is 0 Å². The van der Waals surface area contributed by atoms with Gasteiger partial charge in [0.1, 0.15) is 0 Å². The summed E-state index contributed by atoms with van der Waals surface area (Å²) in [5, 5.41) is 3.53. The predicted octanol–water partition coefficient (Wildman–Crippen LogP) is 2.54. The van der Waals surface area contributed by atoms with Crippen LogP contribution in [0, 0.1) is 0 Å². The number of hydrogen-bond acceptors (Lipinski definition) is 2. The van der Waals surface area contributed by atoms with Crippen molar-refractivity contribution in [3.8, 4) is 0 Å². The normalized spacial score (nSPS) is 11.5. The molecule has 1 amide bonds. The number of amides is 1. The van der Waals surface area contributed by atoms with Crippen LogP contribution in [0.15, 0.2) is 65.8 Å². The summed E-state index contributed by atoms with van der Waals surface area (Å²) in [4.78, 5) is 19.3. The van der Waals surface area contributed by atoms with E-state index < -0.39 is 0 Å². The zero-order valence-corrected chi connectivity index (χ0v) is 11.2. The third-order valence-electron chi connectivity index (χ3n) is 3.09. The SMILES string of the molecule is NC(=Nc1c[nH]c2ccccc12)NC(=O)c1ccccc1. The Balaban J connectivity index is 1.82. The molecule has 1 heterocycles. The lowest BCUT2D eigenvalue weighted by atomic mass is 10.2. The van der Waals surface area contributed by atoms with E-state index in [1.54, 1.807) is 30.5 Å². The molecule has 5 heteroatoms. The second-order valence-corrected chi connectivity index (χ2v) is 4.54. The van der Waals surface area contributed by atoms with Gasteiger partial charge in [0.15, 0.2) is 0 Å². The zero-order valence-electron chi connectivity index (χ0n) is 11.2. The topological polar surface area (TPSA) is 83.3 Å². The minimum atomic E-state index is -0.281. The number of guanidine groups is 1. The highest BCUT2D eigenvalue weighted by Gasteiger charge is 2.07. The summed E-state index contributed by atoms with van der Waals surface area (Å²) in [7, 11) is 0. The second kappa shape index (κ2) is 5.50. The Bertz CT molecular complexity index is 805. The van der Waals surface area contributed by atoms with E-state index >= 15 is 0 Å². The number of aromatic nitrogens is 1. The number of carbonyl (C=O) groups excluding carboxylic acids is 1. The Hall–Kier alpha value is -3.08. The van der Waals surface area contributed by atoms with Crippen molar-refractivity contribution in [1.29, 1.82) is 0 Å². The van der Waals surface area contributed by atoms with E-state index in [1.807, 2.05) is 30.3 Å². The maximum Gasteiger partial charge on any atom is 0.257 e. The number of hydrogen-bond donors (Lipinski definition) is 3. The van der Waals surface area contributed by atoms with Gasteiger partial charge in [-0.2, -0.15) is 0 Å². The number of H-pyrrole nitrogens is 1. The van der Waals surface area contributed by atoms with Crippen molar-refractivity contribution in [3.05, 3.63) is 66.4 Å². The van der Waals surface area contributed by atoms with Crippen LogP contribution in [0.25, 0.3) is 10.9 Å². The van der Waals surface area contributed by atoms with E-state index in [1.165, 1.54) is 0 Å². The van der Waals surface area contributed by atoms with Gasteiger partial charge < -0.3 is 10.7 Å². The predicted molar refractivity (Wildman–Crippen MR) is 83.5 cm³/mol. The van der Waals surface area contributed by atoms with Crippen LogP contribution in [0.5, 0.6) is 0 Å². The minimum Gasteiger partial charge on any atom is -0.369 e. The highest BCUT2D eigenvalue weighted by Crippen LogP contribution is 2.24. The van der Waals surface area contributed by atoms with Crippen LogP contribution in [0.1, 0.15) is 10.4 Å². The number of para-hydroxylation sites is 1. The molecule has 1 aromatic heterocycles. The van der Waals surface area contributed by atoms with Crippen LogP contribution < -0.4 is 11.1 Å². The molecule has 0 spiro atoms. The van der Waals surface area contributed by atoms with E-state index in [2.05, 4.69) is 15.3 Å². The number of nitrogens with two attached hydrogens (primary N) is 1. The molecule has 0 atom stereocenters. The van der Waals surface area contributed by atoms with Crippen LogP contribution in [-0.4, -0.2) is 16.9 Å². The number of rotatable bonds is 2. The van der Waals surface area contributed by atoms with Gasteiger partial charge in [0.25, 0.3) is 5.91 Å². The molecule has 2 aromatic carbocycles. The van der Waals surface area contributed by atoms with Crippen molar-refractivity contribution in [2.45, 2.75) is 0 Å². The Morgan fingerprint density at radius 2 is 1.76 bits per heavy atom. The van der Waals surface area contributed by atoms with E-state index in [-0.39, 0.29) is 11.9 Å². The first-order chi connectivity index (χ1) is 10.2. The van der Waals surface area contributed by atoms with Crippen molar-refractivity contribution in [1.82, 2.24) is 10.3 Å². The summed E-state index contributed by atoms with van der Waals surface area (Å²) in [6, 6.07) is 16.6. The van der Waals surface area contributed by atoms with E-state index in [4.69, 9.17) is 5.73 Å². The van der Waals surface area contributed by atoms with Crippen LogP contribution in [0.4, 0.5) is 5.69 Å². The summed E-state index contributed by atoms with van der Waals surface area (Å²) < 4.78 is 0. The number of benzene rings is 2. The standard InChI is InChI=1S/C16H14N4O/c17-16(20-15(21)11-6-2-1-3-7-11)19-14-10-18-13-9-5-4-8-12(13)14/h1-10,18H,(H3,17,19,20,21). The summed E-state index contributed by atoms with van der Waals surface area (Å²) in [5.41, 5.74) is 8.00. The number of aromatic amines is 1.